The number of aromatic nitrogens is 1. The van der Waals surface area contributed by atoms with E-state index in [0.717, 1.165) is 16.0 Å². The molecule has 0 unspecified atom stereocenters. The highest BCUT2D eigenvalue weighted by atomic mass is 32.1. The van der Waals surface area contributed by atoms with Crippen molar-refractivity contribution in [1.82, 2.24) is 4.57 Å². The number of terminal acetylenes is 1. The van der Waals surface area contributed by atoms with Gasteiger partial charge in [-0.1, -0.05) is 31.1 Å². The topological polar surface area (TPSA) is 43.6 Å². The zero-order valence-corrected chi connectivity index (χ0v) is 12.5. The molecule has 104 valence electrons. The zero-order valence-electron chi connectivity index (χ0n) is 11.7. The van der Waals surface area contributed by atoms with Gasteiger partial charge in [-0.05, 0) is 18.2 Å². The lowest BCUT2D eigenvalue weighted by atomic mass is 10.2. The highest BCUT2D eigenvalue weighted by molar-refractivity contribution is 7.16. The summed E-state index contributed by atoms with van der Waals surface area (Å²) in [6.07, 6.45) is 5.41. The first-order chi connectivity index (χ1) is 9.56. The molecule has 1 aromatic carbocycles. The summed E-state index contributed by atoms with van der Waals surface area (Å²) in [5, 5.41) is 0. The molecule has 0 spiro atoms. The monoisotopic (exact) mass is 288 g/mol. The first-order valence-corrected chi connectivity index (χ1v) is 7.08. The van der Waals surface area contributed by atoms with E-state index in [0.29, 0.717) is 11.3 Å². The number of benzene rings is 1. The van der Waals surface area contributed by atoms with Gasteiger partial charge in [0.05, 0.1) is 23.9 Å². The summed E-state index contributed by atoms with van der Waals surface area (Å²) >= 11 is 1.44. The molecule has 0 atom stereocenters. The van der Waals surface area contributed by atoms with E-state index in [1.54, 1.807) is 7.11 Å². The van der Waals surface area contributed by atoms with Crippen LogP contribution in [0.15, 0.2) is 23.2 Å². The van der Waals surface area contributed by atoms with Crippen LogP contribution in [0.25, 0.3) is 10.2 Å². The van der Waals surface area contributed by atoms with Crippen LogP contribution in [0.5, 0.6) is 5.75 Å². The maximum atomic E-state index is 11.8. The largest absolute Gasteiger partial charge is 0.497 e. The fourth-order valence-electron chi connectivity index (χ4n) is 1.73. The first kappa shape index (κ1) is 14.4. The lowest BCUT2D eigenvalue weighted by molar-refractivity contribution is -0.120. The van der Waals surface area contributed by atoms with E-state index in [9.17, 15) is 4.79 Å². The van der Waals surface area contributed by atoms with Gasteiger partial charge in [0.15, 0.2) is 4.80 Å². The molecule has 1 amide bonds. The molecule has 20 heavy (non-hydrogen) atoms. The Bertz CT molecular complexity index is 747. The summed E-state index contributed by atoms with van der Waals surface area (Å²) in [7, 11) is 1.62. The van der Waals surface area contributed by atoms with Gasteiger partial charge in [-0.15, -0.1) is 6.42 Å². The molecule has 0 saturated carbocycles. The van der Waals surface area contributed by atoms with Gasteiger partial charge in [0, 0.05) is 5.92 Å². The van der Waals surface area contributed by atoms with Crippen molar-refractivity contribution in [1.29, 1.82) is 0 Å². The van der Waals surface area contributed by atoms with Gasteiger partial charge in [-0.3, -0.25) is 4.79 Å². The number of ether oxygens (including phenoxy) is 1. The van der Waals surface area contributed by atoms with Gasteiger partial charge < -0.3 is 9.30 Å². The minimum Gasteiger partial charge on any atom is -0.497 e. The molecule has 0 bridgehead atoms. The predicted octanol–water partition coefficient (Wildman–Crippen LogP) is 2.43. The highest BCUT2D eigenvalue weighted by Crippen LogP contribution is 2.23. The Morgan fingerprint density at radius 3 is 2.90 bits per heavy atom. The lowest BCUT2D eigenvalue weighted by Crippen LogP contribution is -2.18. The number of nitrogens with zero attached hydrogens (tertiary/aromatic N) is 2. The van der Waals surface area contributed by atoms with Crippen LogP contribution in [0, 0.1) is 18.3 Å². The van der Waals surface area contributed by atoms with Gasteiger partial charge in [0.1, 0.15) is 5.75 Å². The Morgan fingerprint density at radius 2 is 2.30 bits per heavy atom. The smallest absolute Gasteiger partial charge is 0.250 e. The summed E-state index contributed by atoms with van der Waals surface area (Å²) in [5.74, 6) is 3.10. The van der Waals surface area contributed by atoms with Crippen molar-refractivity contribution in [2.24, 2.45) is 10.9 Å². The third-order valence-corrected chi connectivity index (χ3v) is 3.88. The summed E-state index contributed by atoms with van der Waals surface area (Å²) in [5.41, 5.74) is 0.962. The lowest BCUT2D eigenvalue weighted by Gasteiger charge is -2.02. The van der Waals surface area contributed by atoms with Crippen molar-refractivity contribution < 1.29 is 9.53 Å². The molecule has 5 heteroatoms. The number of hydrogen-bond donors (Lipinski definition) is 0. The van der Waals surface area contributed by atoms with E-state index in [1.165, 1.54) is 11.3 Å². The normalized spacial score (nSPS) is 11.8. The van der Waals surface area contributed by atoms with Crippen LogP contribution in [0.3, 0.4) is 0 Å². The average molecular weight is 288 g/mol. The average Bonchev–Trinajstić information content (AvgIpc) is 2.76. The van der Waals surface area contributed by atoms with Crippen LogP contribution < -0.4 is 9.54 Å². The molecule has 0 radical (unpaired) electrons. The molecule has 2 aromatic rings. The Kier molecular flexibility index (Phi) is 4.26. The van der Waals surface area contributed by atoms with Crippen molar-refractivity contribution in [2.45, 2.75) is 20.4 Å². The minimum atomic E-state index is -0.144. The second-order valence-corrected chi connectivity index (χ2v) is 5.62. The van der Waals surface area contributed by atoms with E-state index < -0.39 is 0 Å². The van der Waals surface area contributed by atoms with Crippen molar-refractivity contribution in [2.75, 3.05) is 7.11 Å². The third-order valence-electron chi connectivity index (χ3n) is 2.84. The fraction of sp³-hybridized carbons (Fsp3) is 0.333. The maximum absolute atomic E-state index is 11.8. The fourth-order valence-corrected chi connectivity index (χ4v) is 2.80. The van der Waals surface area contributed by atoms with Crippen molar-refractivity contribution in [3.05, 3.63) is 23.0 Å². The van der Waals surface area contributed by atoms with Crippen LogP contribution in [-0.2, 0) is 11.3 Å². The summed E-state index contributed by atoms with van der Waals surface area (Å²) in [6, 6.07) is 5.73. The number of fused-ring (bicyclic) bond motifs is 1. The van der Waals surface area contributed by atoms with Crippen LogP contribution in [0.1, 0.15) is 13.8 Å². The molecule has 0 saturated heterocycles. The van der Waals surface area contributed by atoms with E-state index in [-0.39, 0.29) is 11.8 Å². The number of rotatable bonds is 3. The Labute approximate surface area is 121 Å². The van der Waals surface area contributed by atoms with Gasteiger partial charge in [0.2, 0.25) is 0 Å². The summed E-state index contributed by atoms with van der Waals surface area (Å²) in [4.78, 5) is 16.6. The summed E-state index contributed by atoms with van der Waals surface area (Å²) < 4.78 is 8.08. The van der Waals surface area contributed by atoms with E-state index in [4.69, 9.17) is 11.2 Å². The molecular formula is C15H16N2O2S. The SMILES string of the molecule is C#CCn1c(=NC(=O)C(C)C)sc2cc(OC)ccc21. The second kappa shape index (κ2) is 5.93. The molecule has 2 rings (SSSR count). The van der Waals surface area contributed by atoms with Crippen molar-refractivity contribution in [3.8, 4) is 18.1 Å². The van der Waals surface area contributed by atoms with Gasteiger partial charge >= 0.3 is 0 Å². The van der Waals surface area contributed by atoms with Gasteiger partial charge in [-0.25, -0.2) is 0 Å². The molecule has 0 aliphatic heterocycles. The predicted molar refractivity (Wildman–Crippen MR) is 80.6 cm³/mol. The molecule has 0 aliphatic rings. The Hall–Kier alpha value is -2.06. The van der Waals surface area contributed by atoms with Crippen LogP contribution in [0.2, 0.25) is 0 Å². The van der Waals surface area contributed by atoms with Crippen molar-refractivity contribution in [3.63, 3.8) is 0 Å². The van der Waals surface area contributed by atoms with Gasteiger partial charge in [0.25, 0.3) is 5.91 Å². The van der Waals surface area contributed by atoms with E-state index >= 15 is 0 Å². The second-order valence-electron chi connectivity index (χ2n) is 4.61. The van der Waals surface area contributed by atoms with E-state index in [2.05, 4.69) is 10.9 Å². The Morgan fingerprint density at radius 1 is 1.55 bits per heavy atom. The number of methoxy groups -OCH3 is 1. The molecule has 0 aliphatic carbocycles. The minimum absolute atomic E-state index is 0.131. The van der Waals surface area contributed by atoms with Crippen LogP contribution in [0.4, 0.5) is 0 Å². The highest BCUT2D eigenvalue weighted by Gasteiger charge is 2.10. The quantitative estimate of drug-likeness (QED) is 0.814. The molecule has 1 heterocycles. The number of thiazole rings is 1. The van der Waals surface area contributed by atoms with Crippen LogP contribution >= 0.6 is 11.3 Å². The molecule has 0 N–H and O–H groups in total. The molecular weight excluding hydrogens is 272 g/mol. The zero-order chi connectivity index (χ0) is 14.7. The molecule has 0 fully saturated rings. The number of amides is 1. The number of carbonyl (C=O) groups is 1. The maximum Gasteiger partial charge on any atom is 0.250 e. The van der Waals surface area contributed by atoms with E-state index in [1.807, 2.05) is 36.6 Å². The summed E-state index contributed by atoms with van der Waals surface area (Å²) in [6.45, 7) is 4.04. The molecule has 4 nitrogen and oxygen atoms in total. The standard InChI is InChI=1S/C15H16N2O2S/c1-5-8-17-12-7-6-11(19-4)9-13(12)20-15(17)16-14(18)10(2)3/h1,6-7,9-10H,8H2,2-4H3. The molecule has 1 aromatic heterocycles. The van der Waals surface area contributed by atoms with Gasteiger partial charge in [-0.2, -0.15) is 4.99 Å². The van der Waals surface area contributed by atoms with Crippen molar-refractivity contribution >= 4 is 27.5 Å². The first-order valence-electron chi connectivity index (χ1n) is 6.26. The Balaban J connectivity index is 2.67. The number of carbonyl (C=O) groups excluding carboxylic acids is 1. The number of hydrogen-bond acceptors (Lipinski definition) is 3. The van der Waals surface area contributed by atoms with Crippen LogP contribution in [-0.4, -0.2) is 17.6 Å². The third kappa shape index (κ3) is 2.75.